The fraction of sp³-hybridized carbons (Fsp3) is 0.300. The number of methoxy groups -OCH3 is 1. The highest BCUT2D eigenvalue weighted by Crippen LogP contribution is 2.46. The van der Waals surface area contributed by atoms with Gasteiger partial charge in [0.15, 0.2) is 0 Å². The topological polar surface area (TPSA) is 55.8 Å². The van der Waals surface area contributed by atoms with E-state index in [1.807, 2.05) is 0 Å². The van der Waals surface area contributed by atoms with Crippen LogP contribution in [0.5, 0.6) is 5.75 Å². The number of aliphatic hydroxyl groups is 1. The summed E-state index contributed by atoms with van der Waals surface area (Å²) in [5.74, 6) is -0.235. The molecule has 0 bridgehead atoms. The van der Waals surface area contributed by atoms with Gasteiger partial charge in [0.05, 0.1) is 27.1 Å². The predicted octanol–water partition coefficient (Wildman–Crippen LogP) is 3.89. The number of aliphatic hydroxyl groups excluding tert-OH is 1. The third-order valence-corrected chi connectivity index (χ3v) is 6.69. The van der Waals surface area contributed by atoms with Gasteiger partial charge in [0.2, 0.25) is 0 Å². The fourth-order valence-corrected chi connectivity index (χ4v) is 3.60. The van der Waals surface area contributed by atoms with E-state index >= 15 is 0 Å². The van der Waals surface area contributed by atoms with Gasteiger partial charge in [0, 0.05) is 4.47 Å². The normalized spacial score (nSPS) is 10.3. The lowest BCUT2D eigenvalue weighted by atomic mass is 10.2. The summed E-state index contributed by atoms with van der Waals surface area (Å²) in [6.45, 7) is -0.301. The average molecular weight is 512 g/mol. The number of rotatable bonds is 4. The molecule has 0 saturated carbocycles. The molecule has 8 heteroatoms. The molecule has 1 rings (SSSR count). The highest BCUT2D eigenvalue weighted by molar-refractivity contribution is 9.15. The highest BCUT2D eigenvalue weighted by atomic mass is 79.9. The minimum atomic E-state index is -0.582. The van der Waals surface area contributed by atoms with Gasteiger partial charge < -0.3 is 14.6 Å². The van der Waals surface area contributed by atoms with Crippen LogP contribution < -0.4 is 4.74 Å². The molecule has 0 saturated heterocycles. The Morgan fingerprint density at radius 2 is 1.67 bits per heavy atom. The van der Waals surface area contributed by atoms with Crippen LogP contribution in [0.1, 0.15) is 10.4 Å². The van der Waals surface area contributed by atoms with Crippen LogP contribution in [0.25, 0.3) is 0 Å². The van der Waals surface area contributed by atoms with E-state index in [1.54, 1.807) is 0 Å². The van der Waals surface area contributed by atoms with Gasteiger partial charge in [-0.25, -0.2) is 4.79 Å². The van der Waals surface area contributed by atoms with Crippen molar-refractivity contribution in [1.82, 2.24) is 0 Å². The molecular weight excluding hydrogens is 504 g/mol. The van der Waals surface area contributed by atoms with Crippen molar-refractivity contribution in [3.8, 4) is 5.75 Å². The van der Waals surface area contributed by atoms with E-state index in [4.69, 9.17) is 14.6 Å². The van der Waals surface area contributed by atoms with Gasteiger partial charge in [-0.2, -0.15) is 0 Å². The zero-order valence-electron chi connectivity index (χ0n) is 9.10. The van der Waals surface area contributed by atoms with Gasteiger partial charge in [0.25, 0.3) is 0 Å². The number of halogens is 4. The van der Waals surface area contributed by atoms with Gasteiger partial charge in [-0.05, 0) is 63.7 Å². The maximum Gasteiger partial charge on any atom is 0.343 e. The monoisotopic (exact) mass is 508 g/mol. The Morgan fingerprint density at radius 1 is 1.11 bits per heavy atom. The Labute approximate surface area is 138 Å². The van der Waals surface area contributed by atoms with E-state index < -0.39 is 5.97 Å². The summed E-state index contributed by atoms with van der Waals surface area (Å²) in [6.07, 6.45) is 0. The number of carbonyl (C=O) groups is 1. The molecule has 1 aromatic rings. The molecule has 100 valence electrons. The summed E-state index contributed by atoms with van der Waals surface area (Å²) in [6, 6.07) is 0. The molecular formula is C10H8Br4O4. The van der Waals surface area contributed by atoms with E-state index in [0.29, 0.717) is 23.6 Å². The van der Waals surface area contributed by atoms with Gasteiger partial charge in [-0.3, -0.25) is 0 Å². The molecule has 4 nitrogen and oxygen atoms in total. The lowest BCUT2D eigenvalue weighted by Crippen LogP contribution is -2.11. The second-order valence-corrected chi connectivity index (χ2v) is 6.20. The molecule has 0 aliphatic rings. The predicted molar refractivity (Wildman–Crippen MR) is 81.2 cm³/mol. The van der Waals surface area contributed by atoms with Crippen LogP contribution >= 0.6 is 63.7 Å². The Hall–Kier alpha value is 0.370. The minimum absolute atomic E-state index is 0.0697. The van der Waals surface area contributed by atoms with Crippen molar-refractivity contribution < 1.29 is 19.4 Å². The molecule has 0 amide bonds. The molecule has 0 heterocycles. The van der Waals surface area contributed by atoms with Crippen molar-refractivity contribution in [2.24, 2.45) is 0 Å². The van der Waals surface area contributed by atoms with Crippen LogP contribution in [0, 0.1) is 0 Å². The van der Waals surface area contributed by atoms with Crippen LogP contribution in [0.3, 0.4) is 0 Å². The number of benzene rings is 1. The molecule has 0 atom stereocenters. The highest BCUT2D eigenvalue weighted by Gasteiger charge is 2.25. The zero-order chi connectivity index (χ0) is 13.9. The van der Waals surface area contributed by atoms with Crippen LogP contribution in [0.15, 0.2) is 17.9 Å². The van der Waals surface area contributed by atoms with Crippen molar-refractivity contribution in [2.75, 3.05) is 20.3 Å². The van der Waals surface area contributed by atoms with E-state index in [2.05, 4.69) is 63.7 Å². The molecule has 18 heavy (non-hydrogen) atoms. The summed E-state index contributed by atoms with van der Waals surface area (Å²) in [7, 11) is 1.45. The number of ether oxygens (including phenoxy) is 2. The Kier molecular flexibility index (Phi) is 6.60. The molecule has 0 fully saturated rings. The molecule has 0 unspecified atom stereocenters. The number of esters is 1. The summed E-state index contributed by atoms with van der Waals surface area (Å²) in [5, 5.41) is 8.66. The molecule has 1 aromatic carbocycles. The first kappa shape index (κ1) is 16.4. The molecule has 0 spiro atoms. The molecule has 0 aromatic heterocycles. The second-order valence-electron chi connectivity index (χ2n) is 3.02. The van der Waals surface area contributed by atoms with Crippen molar-refractivity contribution in [3.63, 3.8) is 0 Å². The van der Waals surface area contributed by atoms with Crippen molar-refractivity contribution in [2.45, 2.75) is 0 Å². The quantitative estimate of drug-likeness (QED) is 0.379. The Morgan fingerprint density at radius 3 is 2.17 bits per heavy atom. The third-order valence-electron chi connectivity index (χ3n) is 1.96. The first-order valence-corrected chi connectivity index (χ1v) is 7.80. The lowest BCUT2D eigenvalue weighted by molar-refractivity contribution is 0.0429. The molecule has 0 aliphatic carbocycles. The third kappa shape index (κ3) is 3.27. The largest absolute Gasteiger partial charge is 0.495 e. The molecule has 1 N–H and O–H groups in total. The fourth-order valence-electron chi connectivity index (χ4n) is 1.20. The van der Waals surface area contributed by atoms with Crippen LogP contribution in [-0.2, 0) is 4.74 Å². The van der Waals surface area contributed by atoms with Crippen LogP contribution in [-0.4, -0.2) is 31.4 Å². The smallest absolute Gasteiger partial charge is 0.343 e. The molecule has 0 aliphatic heterocycles. The first-order chi connectivity index (χ1) is 8.45. The summed E-state index contributed by atoms with van der Waals surface area (Å²) < 4.78 is 12.6. The van der Waals surface area contributed by atoms with Crippen LogP contribution in [0.4, 0.5) is 0 Å². The van der Waals surface area contributed by atoms with Gasteiger partial charge in [-0.15, -0.1) is 0 Å². The maximum absolute atomic E-state index is 11.9. The second kappa shape index (κ2) is 7.23. The van der Waals surface area contributed by atoms with E-state index in [0.717, 1.165) is 0 Å². The van der Waals surface area contributed by atoms with Crippen LogP contribution in [0.2, 0.25) is 0 Å². The average Bonchev–Trinajstić information content (AvgIpc) is 2.37. The maximum atomic E-state index is 11.9. The number of hydrogen-bond donors (Lipinski definition) is 1. The lowest BCUT2D eigenvalue weighted by Gasteiger charge is -2.15. The van der Waals surface area contributed by atoms with E-state index in [9.17, 15) is 4.79 Å². The first-order valence-electron chi connectivity index (χ1n) is 4.63. The molecule has 0 radical (unpaired) electrons. The number of hydrogen-bond acceptors (Lipinski definition) is 4. The van der Waals surface area contributed by atoms with Crippen molar-refractivity contribution in [3.05, 3.63) is 23.5 Å². The summed E-state index contributed by atoms with van der Waals surface area (Å²) in [5.41, 5.74) is 0.243. The van der Waals surface area contributed by atoms with Gasteiger partial charge in [-0.1, -0.05) is 0 Å². The Bertz CT molecular complexity index is 476. The zero-order valence-corrected chi connectivity index (χ0v) is 15.4. The minimum Gasteiger partial charge on any atom is -0.495 e. The van der Waals surface area contributed by atoms with Gasteiger partial charge >= 0.3 is 5.97 Å². The SMILES string of the molecule is COc1c(Br)c(Br)c(Br)c(Br)c1C(=O)OCCO. The van der Waals surface area contributed by atoms with Gasteiger partial charge in [0.1, 0.15) is 17.9 Å². The van der Waals surface area contributed by atoms with Crippen molar-refractivity contribution in [1.29, 1.82) is 0 Å². The van der Waals surface area contributed by atoms with Crippen molar-refractivity contribution >= 4 is 69.7 Å². The standard InChI is InChI=1S/C10H8Br4O4/c1-17-9-4(10(16)18-3-2-15)5(11)6(12)7(13)8(9)14/h15H,2-3H2,1H3. The summed E-state index contributed by atoms with van der Waals surface area (Å²) in [4.78, 5) is 11.9. The van der Waals surface area contributed by atoms with E-state index in [1.165, 1.54) is 7.11 Å². The Balaban J connectivity index is 3.37. The summed E-state index contributed by atoms with van der Waals surface area (Å²) >= 11 is 13.3. The van der Waals surface area contributed by atoms with E-state index in [-0.39, 0.29) is 18.8 Å². The number of carbonyl (C=O) groups excluding carboxylic acids is 1.